The van der Waals surface area contributed by atoms with Gasteiger partial charge in [0.05, 0.1) is 25.8 Å². The van der Waals surface area contributed by atoms with Crippen LogP contribution in [-0.4, -0.2) is 50.9 Å². The molecule has 4 rings (SSSR count). The number of nitrogens with zero attached hydrogens (tertiary/aromatic N) is 1. The van der Waals surface area contributed by atoms with E-state index in [2.05, 4.69) is 5.32 Å². The average molecular weight is 537 g/mol. The molecule has 1 atom stereocenters. The Balaban J connectivity index is 1.40. The Morgan fingerprint density at radius 2 is 1.74 bits per heavy atom. The molecule has 1 saturated heterocycles. The smallest absolute Gasteiger partial charge is 0.311 e. The molecule has 0 bridgehead atoms. The third-order valence-corrected chi connectivity index (χ3v) is 6.30. The molecule has 1 aliphatic heterocycles. The van der Waals surface area contributed by atoms with Crippen LogP contribution in [0.5, 0.6) is 11.5 Å². The number of nitrogens with one attached hydrogen (secondary N) is 1. The molecule has 0 radical (unpaired) electrons. The first kappa shape index (κ1) is 26.7. The minimum Gasteiger partial charge on any atom is -0.497 e. The molecule has 38 heavy (non-hydrogen) atoms. The fourth-order valence-electron chi connectivity index (χ4n) is 4.01. The van der Waals surface area contributed by atoms with Crippen molar-refractivity contribution in [3.05, 3.63) is 82.9 Å². The van der Waals surface area contributed by atoms with Gasteiger partial charge in [-0.05, 0) is 54.6 Å². The summed E-state index contributed by atoms with van der Waals surface area (Å²) in [4.78, 5) is 52.0. The summed E-state index contributed by atoms with van der Waals surface area (Å²) in [6.45, 7) is -0.365. The van der Waals surface area contributed by atoms with E-state index >= 15 is 0 Å². The van der Waals surface area contributed by atoms with E-state index in [0.29, 0.717) is 39.0 Å². The quantitative estimate of drug-likeness (QED) is 0.319. The van der Waals surface area contributed by atoms with Crippen molar-refractivity contribution in [2.75, 3.05) is 37.6 Å². The summed E-state index contributed by atoms with van der Waals surface area (Å²) in [5, 5.41) is 3.28. The van der Waals surface area contributed by atoms with Crippen molar-refractivity contribution in [1.29, 1.82) is 0 Å². The Kier molecular flexibility index (Phi) is 8.28. The number of anilines is 2. The van der Waals surface area contributed by atoms with Crippen LogP contribution in [0.25, 0.3) is 0 Å². The van der Waals surface area contributed by atoms with Gasteiger partial charge < -0.3 is 24.4 Å². The predicted octanol–water partition coefficient (Wildman–Crippen LogP) is 4.39. The molecule has 0 spiro atoms. The summed E-state index contributed by atoms with van der Waals surface area (Å²) >= 11 is 5.83. The van der Waals surface area contributed by atoms with Gasteiger partial charge in [-0.3, -0.25) is 19.2 Å². The highest BCUT2D eigenvalue weighted by Gasteiger charge is 2.36. The topological polar surface area (TPSA) is 111 Å². The fraction of sp³-hybridized carbons (Fsp3) is 0.214. The SMILES string of the molecule is COc1ccc(OC)c(NC(=O)c2cccc(N3CC(C(=O)OCC(=O)c4ccc(Cl)cc4)CC3=O)c2)c1. The van der Waals surface area contributed by atoms with E-state index in [-0.39, 0.29) is 24.7 Å². The lowest BCUT2D eigenvalue weighted by Gasteiger charge is -2.18. The van der Waals surface area contributed by atoms with Gasteiger partial charge in [0.15, 0.2) is 12.4 Å². The Labute approximate surface area is 224 Å². The van der Waals surface area contributed by atoms with Gasteiger partial charge in [-0.1, -0.05) is 17.7 Å². The molecule has 1 unspecified atom stereocenters. The van der Waals surface area contributed by atoms with Gasteiger partial charge in [0.25, 0.3) is 5.91 Å². The van der Waals surface area contributed by atoms with E-state index in [9.17, 15) is 19.2 Å². The van der Waals surface area contributed by atoms with Crippen LogP contribution in [-0.2, 0) is 14.3 Å². The molecule has 1 N–H and O–H groups in total. The van der Waals surface area contributed by atoms with E-state index in [0.717, 1.165) is 0 Å². The molecule has 0 aliphatic carbocycles. The van der Waals surface area contributed by atoms with Gasteiger partial charge in [-0.25, -0.2) is 0 Å². The first-order chi connectivity index (χ1) is 18.3. The molecule has 0 aromatic heterocycles. The predicted molar refractivity (Wildman–Crippen MR) is 141 cm³/mol. The van der Waals surface area contributed by atoms with Crippen molar-refractivity contribution in [3.63, 3.8) is 0 Å². The molecule has 1 aliphatic rings. The van der Waals surface area contributed by atoms with Crippen LogP contribution >= 0.6 is 11.6 Å². The van der Waals surface area contributed by atoms with Crippen molar-refractivity contribution in [1.82, 2.24) is 0 Å². The molecule has 2 amide bonds. The van der Waals surface area contributed by atoms with E-state index in [4.69, 9.17) is 25.8 Å². The number of amides is 2. The van der Waals surface area contributed by atoms with Crippen LogP contribution in [0.15, 0.2) is 66.7 Å². The van der Waals surface area contributed by atoms with E-state index in [1.165, 1.54) is 19.1 Å². The Hall–Kier alpha value is -4.37. The molecule has 196 valence electrons. The summed E-state index contributed by atoms with van der Waals surface area (Å²) in [7, 11) is 3.01. The van der Waals surface area contributed by atoms with Gasteiger partial charge in [0, 0.05) is 40.9 Å². The second-order valence-corrected chi connectivity index (χ2v) is 8.95. The van der Waals surface area contributed by atoms with Crippen molar-refractivity contribution in [3.8, 4) is 11.5 Å². The number of hydrogen-bond acceptors (Lipinski definition) is 7. The molecular formula is C28H25ClN2O7. The maximum atomic E-state index is 13.0. The van der Waals surface area contributed by atoms with Crippen LogP contribution in [0.3, 0.4) is 0 Å². The third kappa shape index (κ3) is 6.12. The minimum absolute atomic E-state index is 0.0641. The first-order valence-electron chi connectivity index (χ1n) is 11.7. The largest absolute Gasteiger partial charge is 0.497 e. The Morgan fingerprint density at radius 1 is 0.974 bits per heavy atom. The number of esters is 1. The van der Waals surface area contributed by atoms with Gasteiger partial charge in [0.1, 0.15) is 11.5 Å². The second-order valence-electron chi connectivity index (χ2n) is 8.51. The van der Waals surface area contributed by atoms with Crippen LogP contribution in [0.1, 0.15) is 27.1 Å². The van der Waals surface area contributed by atoms with Crippen molar-refractivity contribution >= 4 is 46.5 Å². The summed E-state index contributed by atoms with van der Waals surface area (Å²) in [5.74, 6) is -1.44. The standard InChI is InChI=1S/C28H25ClN2O7/c1-36-22-10-11-25(37-2)23(14-22)30-27(34)18-4-3-5-21(12-18)31-15-19(13-26(31)33)28(35)38-16-24(32)17-6-8-20(29)9-7-17/h3-12,14,19H,13,15-16H2,1-2H3,(H,30,34). The lowest BCUT2D eigenvalue weighted by molar-refractivity contribution is -0.147. The van der Waals surface area contributed by atoms with Gasteiger partial charge in [-0.2, -0.15) is 0 Å². The molecular weight excluding hydrogens is 512 g/mol. The van der Waals surface area contributed by atoms with Crippen LogP contribution < -0.4 is 19.7 Å². The summed E-state index contributed by atoms with van der Waals surface area (Å²) in [6, 6.07) is 17.8. The van der Waals surface area contributed by atoms with Crippen LogP contribution in [0, 0.1) is 5.92 Å². The fourth-order valence-corrected chi connectivity index (χ4v) is 4.14. The lowest BCUT2D eigenvalue weighted by atomic mass is 10.1. The number of rotatable bonds is 9. The number of ether oxygens (including phenoxy) is 3. The zero-order valence-electron chi connectivity index (χ0n) is 20.7. The summed E-state index contributed by atoms with van der Waals surface area (Å²) in [5.41, 5.74) is 1.57. The van der Waals surface area contributed by atoms with E-state index < -0.39 is 24.4 Å². The zero-order chi connectivity index (χ0) is 27.2. The highest BCUT2D eigenvalue weighted by atomic mass is 35.5. The molecule has 9 nitrogen and oxygen atoms in total. The van der Waals surface area contributed by atoms with Gasteiger partial charge >= 0.3 is 5.97 Å². The monoisotopic (exact) mass is 536 g/mol. The highest BCUT2D eigenvalue weighted by molar-refractivity contribution is 6.30. The average Bonchev–Trinajstić information content (AvgIpc) is 3.33. The number of carbonyl (C=O) groups excluding carboxylic acids is 4. The number of ketones is 1. The highest BCUT2D eigenvalue weighted by Crippen LogP contribution is 2.30. The number of hydrogen-bond donors (Lipinski definition) is 1. The summed E-state index contributed by atoms with van der Waals surface area (Å²) in [6.07, 6.45) is -0.0641. The number of methoxy groups -OCH3 is 2. The molecule has 1 fully saturated rings. The first-order valence-corrected chi connectivity index (χ1v) is 12.1. The second kappa shape index (κ2) is 11.8. The number of Topliss-reactive ketones (excluding diaryl/α,β-unsaturated/α-hetero) is 1. The molecule has 1 heterocycles. The van der Waals surface area contributed by atoms with E-state index in [1.54, 1.807) is 66.7 Å². The van der Waals surface area contributed by atoms with Crippen molar-refractivity contribution in [2.45, 2.75) is 6.42 Å². The van der Waals surface area contributed by atoms with Gasteiger partial charge in [0.2, 0.25) is 5.91 Å². The molecule has 10 heteroatoms. The number of benzene rings is 3. The third-order valence-electron chi connectivity index (χ3n) is 6.04. The number of halogens is 1. The molecule has 0 saturated carbocycles. The zero-order valence-corrected chi connectivity index (χ0v) is 21.5. The normalized spacial score (nSPS) is 14.7. The lowest BCUT2D eigenvalue weighted by Crippen LogP contribution is -2.27. The maximum absolute atomic E-state index is 13.0. The van der Waals surface area contributed by atoms with Crippen LogP contribution in [0.2, 0.25) is 5.02 Å². The summed E-state index contributed by atoms with van der Waals surface area (Å²) < 4.78 is 15.7. The minimum atomic E-state index is -0.737. The van der Waals surface area contributed by atoms with Crippen molar-refractivity contribution < 1.29 is 33.4 Å². The van der Waals surface area contributed by atoms with Gasteiger partial charge in [-0.15, -0.1) is 0 Å². The van der Waals surface area contributed by atoms with Crippen LogP contribution in [0.4, 0.5) is 11.4 Å². The Bertz CT molecular complexity index is 1370. The van der Waals surface area contributed by atoms with Crippen molar-refractivity contribution in [2.24, 2.45) is 5.92 Å². The maximum Gasteiger partial charge on any atom is 0.311 e. The van der Waals surface area contributed by atoms with E-state index in [1.807, 2.05) is 0 Å². The molecule has 3 aromatic rings. The number of carbonyl (C=O) groups is 4. The Morgan fingerprint density at radius 3 is 2.45 bits per heavy atom. The molecule has 3 aromatic carbocycles.